The molecule has 0 aliphatic heterocycles. The normalized spacial score (nSPS) is 15.6. The molecular weight excluding hydrogens is 146 g/mol. The van der Waals surface area contributed by atoms with Crippen LogP contribution < -0.4 is 5.32 Å². The van der Waals surface area contributed by atoms with E-state index in [1.54, 1.807) is 6.92 Å². The Bertz CT molecular complexity index is 125. The maximum Gasteiger partial charge on any atom is 0.322 e. The Kier molecular flexibility index (Phi) is 4.81. The monoisotopic (exact) mass is 161 g/mol. The molecule has 11 heavy (non-hydrogen) atoms. The highest BCUT2D eigenvalue weighted by molar-refractivity contribution is 5.75. The van der Waals surface area contributed by atoms with E-state index < -0.39 is 12.3 Å². The summed E-state index contributed by atoms with van der Waals surface area (Å²) >= 11 is 0. The van der Waals surface area contributed by atoms with Crippen molar-refractivity contribution in [1.82, 2.24) is 5.32 Å². The molecule has 2 unspecified atom stereocenters. The molecular formula is C7H15NO3. The van der Waals surface area contributed by atoms with Gasteiger partial charge < -0.3 is 9.84 Å². The van der Waals surface area contributed by atoms with E-state index in [2.05, 4.69) is 10.1 Å². The summed E-state index contributed by atoms with van der Waals surface area (Å²) in [6.07, 6.45) is -0.0727. The first kappa shape index (κ1) is 10.4. The molecule has 4 nitrogen and oxygen atoms in total. The summed E-state index contributed by atoms with van der Waals surface area (Å²) in [5, 5.41) is 11.5. The predicted octanol–water partition coefficient (Wildman–Crippen LogP) is -0.134. The molecule has 0 aromatic rings. The molecule has 0 radical (unpaired) electrons. The fourth-order valence-electron chi connectivity index (χ4n) is 0.786. The van der Waals surface area contributed by atoms with Crippen molar-refractivity contribution in [3.05, 3.63) is 0 Å². The molecule has 0 rings (SSSR count). The molecule has 4 heteroatoms. The fraction of sp³-hybridized carbons (Fsp3) is 0.857. The zero-order valence-electron chi connectivity index (χ0n) is 7.13. The molecule has 0 aromatic carbocycles. The first-order chi connectivity index (χ1) is 5.11. The smallest absolute Gasteiger partial charge is 0.322 e. The zero-order valence-corrected chi connectivity index (χ0v) is 7.13. The van der Waals surface area contributed by atoms with Gasteiger partial charge in [-0.3, -0.25) is 10.1 Å². The Hall–Kier alpha value is -0.610. The van der Waals surface area contributed by atoms with Gasteiger partial charge in [0, 0.05) is 0 Å². The molecule has 0 saturated heterocycles. The van der Waals surface area contributed by atoms with E-state index in [-0.39, 0.29) is 5.97 Å². The average molecular weight is 161 g/mol. The summed E-state index contributed by atoms with van der Waals surface area (Å²) in [7, 11) is 1.33. The van der Waals surface area contributed by atoms with Crippen LogP contribution in [0.15, 0.2) is 0 Å². The third-order valence-corrected chi connectivity index (χ3v) is 1.34. The van der Waals surface area contributed by atoms with Gasteiger partial charge >= 0.3 is 5.97 Å². The molecule has 2 atom stereocenters. The first-order valence-electron chi connectivity index (χ1n) is 3.63. The van der Waals surface area contributed by atoms with Gasteiger partial charge in [-0.1, -0.05) is 6.92 Å². The third kappa shape index (κ3) is 3.95. The van der Waals surface area contributed by atoms with Crippen molar-refractivity contribution in [3.63, 3.8) is 0 Å². The molecule has 0 aliphatic rings. The van der Waals surface area contributed by atoms with Gasteiger partial charge in [0.25, 0.3) is 0 Å². The van der Waals surface area contributed by atoms with Crippen molar-refractivity contribution in [3.8, 4) is 0 Å². The van der Waals surface area contributed by atoms with Gasteiger partial charge in [0.05, 0.1) is 7.11 Å². The Labute approximate surface area is 66.5 Å². The highest BCUT2D eigenvalue weighted by atomic mass is 16.5. The van der Waals surface area contributed by atoms with Crippen LogP contribution >= 0.6 is 0 Å². The van der Waals surface area contributed by atoms with Crippen molar-refractivity contribution in [2.24, 2.45) is 0 Å². The summed E-state index contributed by atoms with van der Waals surface area (Å²) in [6.45, 7) is 3.41. The van der Waals surface area contributed by atoms with E-state index in [1.165, 1.54) is 7.11 Å². The van der Waals surface area contributed by atoms with Crippen molar-refractivity contribution in [1.29, 1.82) is 0 Å². The van der Waals surface area contributed by atoms with Crippen molar-refractivity contribution < 1.29 is 14.6 Å². The molecule has 0 heterocycles. The lowest BCUT2D eigenvalue weighted by molar-refractivity contribution is -0.144. The Balaban J connectivity index is 3.84. The largest absolute Gasteiger partial charge is 0.468 e. The summed E-state index contributed by atoms with van der Waals surface area (Å²) in [4.78, 5) is 10.9. The summed E-state index contributed by atoms with van der Waals surface area (Å²) in [5.41, 5.74) is 0. The number of aliphatic hydroxyl groups excluding tert-OH is 1. The molecule has 0 aliphatic carbocycles. The SMILES string of the molecule is CCC(NC(C)O)C(=O)OC. The minimum atomic E-state index is -0.681. The van der Waals surface area contributed by atoms with E-state index in [0.29, 0.717) is 6.42 Å². The number of ether oxygens (including phenoxy) is 1. The van der Waals surface area contributed by atoms with Gasteiger partial charge in [-0.15, -0.1) is 0 Å². The van der Waals surface area contributed by atoms with Crippen LogP contribution in [-0.4, -0.2) is 30.5 Å². The van der Waals surface area contributed by atoms with E-state index in [9.17, 15) is 4.79 Å². The number of methoxy groups -OCH3 is 1. The molecule has 0 bridgehead atoms. The number of nitrogens with one attached hydrogen (secondary N) is 1. The second-order valence-electron chi connectivity index (χ2n) is 2.33. The number of rotatable bonds is 4. The van der Waals surface area contributed by atoms with Crippen LogP contribution in [0.3, 0.4) is 0 Å². The summed E-state index contributed by atoms with van der Waals surface area (Å²) in [5.74, 6) is -0.339. The van der Waals surface area contributed by atoms with Crippen molar-refractivity contribution >= 4 is 5.97 Å². The van der Waals surface area contributed by atoms with Gasteiger partial charge in [-0.25, -0.2) is 0 Å². The van der Waals surface area contributed by atoms with Gasteiger partial charge in [-0.2, -0.15) is 0 Å². The Morgan fingerprint density at radius 3 is 2.55 bits per heavy atom. The minimum absolute atomic E-state index is 0.339. The van der Waals surface area contributed by atoms with Crippen molar-refractivity contribution in [2.75, 3.05) is 7.11 Å². The van der Waals surface area contributed by atoms with Crippen LogP contribution in [0.2, 0.25) is 0 Å². The average Bonchev–Trinajstić information content (AvgIpc) is 1.98. The van der Waals surface area contributed by atoms with Crippen LogP contribution in [0.1, 0.15) is 20.3 Å². The quantitative estimate of drug-likeness (QED) is 0.445. The molecule has 0 amide bonds. The van der Waals surface area contributed by atoms with Gasteiger partial charge in [-0.05, 0) is 13.3 Å². The lowest BCUT2D eigenvalue weighted by Gasteiger charge is -2.15. The molecule has 66 valence electrons. The number of esters is 1. The number of carbonyl (C=O) groups excluding carboxylic acids is 1. The number of carbonyl (C=O) groups is 1. The second-order valence-corrected chi connectivity index (χ2v) is 2.33. The van der Waals surface area contributed by atoms with Crippen molar-refractivity contribution in [2.45, 2.75) is 32.5 Å². The molecule has 0 saturated carbocycles. The highest BCUT2D eigenvalue weighted by Gasteiger charge is 2.17. The molecule has 0 aromatic heterocycles. The van der Waals surface area contributed by atoms with Crippen LogP contribution in [0.5, 0.6) is 0 Å². The molecule has 0 fully saturated rings. The van der Waals surface area contributed by atoms with E-state index in [0.717, 1.165) is 0 Å². The van der Waals surface area contributed by atoms with Crippen LogP contribution in [0, 0.1) is 0 Å². The molecule has 0 spiro atoms. The zero-order chi connectivity index (χ0) is 8.85. The second kappa shape index (κ2) is 5.09. The number of hydrogen-bond donors (Lipinski definition) is 2. The van der Waals surface area contributed by atoms with E-state index in [1.807, 2.05) is 6.92 Å². The Morgan fingerprint density at radius 2 is 2.27 bits per heavy atom. The van der Waals surface area contributed by atoms with Crippen LogP contribution in [-0.2, 0) is 9.53 Å². The number of hydrogen-bond acceptors (Lipinski definition) is 4. The predicted molar refractivity (Wildman–Crippen MR) is 40.9 cm³/mol. The van der Waals surface area contributed by atoms with Gasteiger partial charge in [0.1, 0.15) is 12.3 Å². The third-order valence-electron chi connectivity index (χ3n) is 1.34. The lowest BCUT2D eigenvalue weighted by atomic mass is 10.2. The lowest BCUT2D eigenvalue weighted by Crippen LogP contribution is -2.42. The van der Waals surface area contributed by atoms with Crippen LogP contribution in [0.25, 0.3) is 0 Å². The summed E-state index contributed by atoms with van der Waals surface area (Å²) in [6, 6.07) is -0.403. The van der Waals surface area contributed by atoms with Gasteiger partial charge in [0.15, 0.2) is 0 Å². The topological polar surface area (TPSA) is 58.6 Å². The first-order valence-corrected chi connectivity index (χ1v) is 3.63. The van der Waals surface area contributed by atoms with Crippen LogP contribution in [0.4, 0.5) is 0 Å². The maximum absolute atomic E-state index is 10.9. The van der Waals surface area contributed by atoms with E-state index in [4.69, 9.17) is 5.11 Å². The Morgan fingerprint density at radius 1 is 1.73 bits per heavy atom. The standard InChI is InChI=1S/C7H15NO3/c1-4-6(7(10)11-3)8-5(2)9/h5-6,8-9H,4H2,1-3H3. The maximum atomic E-state index is 10.9. The van der Waals surface area contributed by atoms with E-state index >= 15 is 0 Å². The van der Waals surface area contributed by atoms with Gasteiger partial charge in [0.2, 0.25) is 0 Å². The fourth-order valence-corrected chi connectivity index (χ4v) is 0.786. The summed E-state index contributed by atoms with van der Waals surface area (Å²) < 4.78 is 4.49. The molecule has 2 N–H and O–H groups in total. The highest BCUT2D eigenvalue weighted by Crippen LogP contribution is 1.94. The minimum Gasteiger partial charge on any atom is -0.468 e. The number of aliphatic hydroxyl groups is 1.